The van der Waals surface area contributed by atoms with Gasteiger partial charge < -0.3 is 5.32 Å². The van der Waals surface area contributed by atoms with E-state index >= 15 is 0 Å². The number of hydrogen-bond donors (Lipinski definition) is 1. The van der Waals surface area contributed by atoms with E-state index in [1.54, 1.807) is 36.0 Å². The number of allylic oxidation sites excluding steroid dienone is 1. The SMILES string of the molecule is N#C[C@H]1C2=C(CCCCC2)S[C@H]1NC(=O)CN1C(=O)c2ccccc2C1=O. The van der Waals surface area contributed by atoms with Crippen LogP contribution in [0.2, 0.25) is 0 Å². The van der Waals surface area contributed by atoms with Gasteiger partial charge in [-0.2, -0.15) is 5.26 Å². The highest BCUT2D eigenvalue weighted by atomic mass is 32.2. The first-order valence-electron chi connectivity index (χ1n) is 9.13. The van der Waals surface area contributed by atoms with Gasteiger partial charge in [-0.05, 0) is 48.3 Å². The van der Waals surface area contributed by atoms with Gasteiger partial charge in [-0.1, -0.05) is 18.6 Å². The van der Waals surface area contributed by atoms with E-state index < -0.39 is 17.7 Å². The molecule has 6 nitrogen and oxygen atoms in total. The van der Waals surface area contributed by atoms with Gasteiger partial charge in [0, 0.05) is 0 Å². The third-order valence-electron chi connectivity index (χ3n) is 5.28. The summed E-state index contributed by atoms with van der Waals surface area (Å²) < 4.78 is 0. The Morgan fingerprint density at radius 2 is 1.81 bits per heavy atom. The predicted octanol–water partition coefficient (Wildman–Crippen LogP) is 2.83. The van der Waals surface area contributed by atoms with Crippen molar-refractivity contribution in [3.8, 4) is 6.07 Å². The van der Waals surface area contributed by atoms with Crippen molar-refractivity contribution in [1.29, 1.82) is 5.26 Å². The summed E-state index contributed by atoms with van der Waals surface area (Å²) in [6.45, 7) is -0.327. The van der Waals surface area contributed by atoms with E-state index in [1.807, 2.05) is 0 Å². The molecule has 0 fully saturated rings. The fourth-order valence-corrected chi connectivity index (χ4v) is 5.44. The maximum atomic E-state index is 12.5. The normalized spacial score (nSPS) is 24.3. The molecule has 0 radical (unpaired) electrons. The molecule has 0 saturated heterocycles. The van der Waals surface area contributed by atoms with Gasteiger partial charge in [-0.25, -0.2) is 0 Å². The average molecular weight is 381 g/mol. The van der Waals surface area contributed by atoms with Crippen molar-refractivity contribution in [3.05, 3.63) is 45.9 Å². The third kappa shape index (κ3) is 3.15. The number of benzene rings is 1. The maximum absolute atomic E-state index is 12.5. The van der Waals surface area contributed by atoms with Gasteiger partial charge in [0.15, 0.2) is 0 Å². The van der Waals surface area contributed by atoms with E-state index in [2.05, 4.69) is 11.4 Å². The van der Waals surface area contributed by atoms with Crippen LogP contribution in [-0.4, -0.2) is 34.5 Å². The first-order valence-corrected chi connectivity index (χ1v) is 10.0. The zero-order chi connectivity index (χ0) is 19.0. The van der Waals surface area contributed by atoms with Gasteiger partial charge in [0.25, 0.3) is 11.8 Å². The van der Waals surface area contributed by atoms with Crippen LogP contribution in [0.1, 0.15) is 52.8 Å². The van der Waals surface area contributed by atoms with Gasteiger partial charge in [-0.15, -0.1) is 11.8 Å². The summed E-state index contributed by atoms with van der Waals surface area (Å²) in [5, 5.41) is 12.1. The van der Waals surface area contributed by atoms with Crippen LogP contribution in [0.15, 0.2) is 34.7 Å². The van der Waals surface area contributed by atoms with Crippen LogP contribution in [0.4, 0.5) is 0 Å². The molecule has 3 amide bonds. The minimum absolute atomic E-state index is 0.327. The molecule has 0 saturated carbocycles. The van der Waals surface area contributed by atoms with Crippen molar-refractivity contribution >= 4 is 29.5 Å². The van der Waals surface area contributed by atoms with Crippen molar-refractivity contribution in [2.24, 2.45) is 5.92 Å². The van der Waals surface area contributed by atoms with E-state index in [-0.39, 0.29) is 17.8 Å². The zero-order valence-corrected chi connectivity index (χ0v) is 15.6. The standard InChI is InChI=1S/C20H19N3O3S/c21-10-15-12-6-2-1-3-9-16(12)27-18(15)22-17(24)11-23-19(25)13-7-4-5-8-14(13)20(23)26/h4-5,7-8,15,18H,1-3,6,9,11H2,(H,22,24)/t15-,18+/m0/s1. The van der Waals surface area contributed by atoms with Crippen LogP contribution in [-0.2, 0) is 4.79 Å². The number of carbonyl (C=O) groups excluding carboxylic acids is 3. The van der Waals surface area contributed by atoms with Gasteiger partial charge in [0.2, 0.25) is 5.91 Å². The molecule has 3 aliphatic rings. The molecule has 0 bridgehead atoms. The van der Waals surface area contributed by atoms with Crippen LogP contribution in [0, 0.1) is 17.2 Å². The second kappa shape index (κ2) is 7.20. The molecule has 2 heterocycles. The molecule has 0 unspecified atom stereocenters. The number of fused-ring (bicyclic) bond motifs is 1. The average Bonchev–Trinajstić information content (AvgIpc) is 2.99. The second-order valence-corrected chi connectivity index (χ2v) is 8.20. The van der Waals surface area contributed by atoms with E-state index in [0.29, 0.717) is 11.1 Å². The Balaban J connectivity index is 1.43. The number of nitriles is 1. The predicted molar refractivity (Wildman–Crippen MR) is 101 cm³/mol. The second-order valence-electron chi connectivity index (χ2n) is 6.96. The molecule has 0 aromatic heterocycles. The largest absolute Gasteiger partial charge is 0.341 e. The van der Waals surface area contributed by atoms with Gasteiger partial charge in [0.1, 0.15) is 6.54 Å². The fraction of sp³-hybridized carbons (Fsp3) is 0.400. The van der Waals surface area contributed by atoms with E-state index in [4.69, 9.17) is 0 Å². The Hall–Kier alpha value is -2.59. The van der Waals surface area contributed by atoms with Crippen molar-refractivity contribution in [3.63, 3.8) is 0 Å². The smallest absolute Gasteiger partial charge is 0.262 e. The van der Waals surface area contributed by atoms with Crippen LogP contribution < -0.4 is 5.32 Å². The number of nitrogens with one attached hydrogen (secondary N) is 1. The molecular weight excluding hydrogens is 362 g/mol. The van der Waals surface area contributed by atoms with Gasteiger partial charge in [-0.3, -0.25) is 19.3 Å². The summed E-state index contributed by atoms with van der Waals surface area (Å²) in [5.74, 6) is -1.65. The molecule has 1 N–H and O–H groups in total. The van der Waals surface area contributed by atoms with Crippen molar-refractivity contribution in [2.45, 2.75) is 37.5 Å². The summed E-state index contributed by atoms with van der Waals surface area (Å²) >= 11 is 1.55. The molecule has 2 aliphatic heterocycles. The number of hydrogen-bond acceptors (Lipinski definition) is 5. The van der Waals surface area contributed by atoms with Crippen LogP contribution in [0.3, 0.4) is 0 Å². The number of carbonyl (C=O) groups is 3. The minimum atomic E-state index is -0.449. The number of nitrogens with zero attached hydrogens (tertiary/aromatic N) is 2. The number of rotatable bonds is 3. The summed E-state index contributed by atoms with van der Waals surface area (Å²) in [4.78, 5) is 39.5. The Morgan fingerprint density at radius 1 is 1.15 bits per heavy atom. The molecule has 0 spiro atoms. The first-order chi connectivity index (χ1) is 13.1. The lowest BCUT2D eigenvalue weighted by atomic mass is 9.96. The number of amides is 3. The Morgan fingerprint density at radius 3 is 2.48 bits per heavy atom. The lowest BCUT2D eigenvalue weighted by molar-refractivity contribution is -0.121. The highest BCUT2D eigenvalue weighted by molar-refractivity contribution is 8.04. The fourth-order valence-electron chi connectivity index (χ4n) is 3.93. The molecule has 27 heavy (non-hydrogen) atoms. The summed E-state index contributed by atoms with van der Waals surface area (Å²) in [6.07, 6.45) is 5.23. The van der Waals surface area contributed by atoms with Gasteiger partial charge in [0.05, 0.1) is 28.5 Å². The maximum Gasteiger partial charge on any atom is 0.262 e. The van der Waals surface area contributed by atoms with E-state index in [1.165, 1.54) is 11.3 Å². The molecule has 4 rings (SSSR count). The summed E-state index contributed by atoms with van der Waals surface area (Å²) in [5.41, 5.74) is 1.81. The highest BCUT2D eigenvalue weighted by Crippen LogP contribution is 2.46. The van der Waals surface area contributed by atoms with E-state index in [0.717, 1.165) is 36.2 Å². The Labute approximate surface area is 161 Å². The van der Waals surface area contributed by atoms with Gasteiger partial charge >= 0.3 is 0 Å². The topological polar surface area (TPSA) is 90.3 Å². The first kappa shape index (κ1) is 17.8. The third-order valence-corrected chi connectivity index (χ3v) is 6.67. The Kier molecular flexibility index (Phi) is 4.75. The molecule has 1 aliphatic carbocycles. The molecule has 1 aromatic rings. The quantitative estimate of drug-likeness (QED) is 0.813. The lowest BCUT2D eigenvalue weighted by Gasteiger charge is -2.20. The summed E-state index contributed by atoms with van der Waals surface area (Å²) in [6, 6.07) is 8.90. The lowest BCUT2D eigenvalue weighted by Crippen LogP contribution is -2.44. The van der Waals surface area contributed by atoms with Crippen LogP contribution in [0.25, 0.3) is 0 Å². The zero-order valence-electron chi connectivity index (χ0n) is 14.7. The number of imide groups is 1. The highest BCUT2D eigenvalue weighted by Gasteiger charge is 2.39. The Bertz CT molecular complexity index is 867. The van der Waals surface area contributed by atoms with Crippen molar-refractivity contribution < 1.29 is 14.4 Å². The molecule has 138 valence electrons. The van der Waals surface area contributed by atoms with Crippen molar-refractivity contribution in [2.75, 3.05) is 6.54 Å². The van der Waals surface area contributed by atoms with Crippen LogP contribution >= 0.6 is 11.8 Å². The minimum Gasteiger partial charge on any atom is -0.341 e. The monoisotopic (exact) mass is 381 g/mol. The van der Waals surface area contributed by atoms with E-state index in [9.17, 15) is 19.6 Å². The summed E-state index contributed by atoms with van der Waals surface area (Å²) in [7, 11) is 0. The van der Waals surface area contributed by atoms with Crippen LogP contribution in [0.5, 0.6) is 0 Å². The number of thioether (sulfide) groups is 1. The molecule has 1 aromatic carbocycles. The molecular formula is C20H19N3O3S. The molecule has 2 atom stereocenters. The van der Waals surface area contributed by atoms with Crippen molar-refractivity contribution in [1.82, 2.24) is 10.2 Å². The molecule has 7 heteroatoms.